The van der Waals surface area contributed by atoms with Crippen molar-refractivity contribution < 1.29 is 28.6 Å². The Morgan fingerprint density at radius 3 is 2.18 bits per heavy atom. The highest BCUT2D eigenvalue weighted by molar-refractivity contribution is 6.34. The van der Waals surface area contributed by atoms with Crippen molar-refractivity contribution >= 4 is 35.1 Å². The van der Waals surface area contributed by atoms with E-state index in [9.17, 15) is 14.4 Å². The molecule has 2 aromatic rings. The van der Waals surface area contributed by atoms with Crippen LogP contribution in [0.1, 0.15) is 20.7 Å². The first kappa shape index (κ1) is 25.5. The summed E-state index contributed by atoms with van der Waals surface area (Å²) in [6.07, 6.45) is 3.11. The smallest absolute Gasteiger partial charge is 0.340 e. The summed E-state index contributed by atoms with van der Waals surface area (Å²) in [5, 5.41) is 2.89. The number of amides is 2. The van der Waals surface area contributed by atoms with Crippen LogP contribution in [-0.4, -0.2) is 56.6 Å². The van der Waals surface area contributed by atoms with Crippen molar-refractivity contribution in [3.8, 4) is 11.5 Å². The van der Waals surface area contributed by atoms with Gasteiger partial charge >= 0.3 is 5.97 Å². The maximum absolute atomic E-state index is 12.9. The molecule has 0 atom stereocenters. The van der Waals surface area contributed by atoms with Crippen LogP contribution in [0.5, 0.6) is 11.5 Å². The predicted molar refractivity (Wildman–Crippen MR) is 126 cm³/mol. The van der Waals surface area contributed by atoms with Gasteiger partial charge in [0.15, 0.2) is 18.1 Å². The third-order valence-electron chi connectivity index (χ3n) is 4.49. The number of nitrogens with zero attached hydrogens (tertiary/aromatic N) is 1. The Morgan fingerprint density at radius 2 is 1.61 bits per heavy atom. The molecule has 0 aliphatic heterocycles. The minimum atomic E-state index is -0.837. The molecule has 9 heteroatoms. The van der Waals surface area contributed by atoms with Crippen LogP contribution in [0.15, 0.2) is 61.7 Å². The van der Waals surface area contributed by atoms with E-state index in [1.54, 1.807) is 36.4 Å². The molecule has 0 saturated heterocycles. The summed E-state index contributed by atoms with van der Waals surface area (Å²) >= 11 is 6.11. The van der Waals surface area contributed by atoms with Gasteiger partial charge in [-0.2, -0.15) is 0 Å². The maximum Gasteiger partial charge on any atom is 0.340 e. The minimum Gasteiger partial charge on any atom is -0.493 e. The van der Waals surface area contributed by atoms with Crippen LogP contribution in [-0.2, 0) is 9.53 Å². The van der Waals surface area contributed by atoms with Gasteiger partial charge in [0.2, 0.25) is 0 Å². The quantitative estimate of drug-likeness (QED) is 0.393. The summed E-state index contributed by atoms with van der Waals surface area (Å²) in [6.45, 7) is 7.25. The minimum absolute atomic E-state index is 0.0279. The first-order chi connectivity index (χ1) is 15.9. The molecule has 0 radical (unpaired) electrons. The lowest BCUT2D eigenvalue weighted by Gasteiger charge is -2.19. The molecule has 1 N–H and O–H groups in total. The van der Waals surface area contributed by atoms with Gasteiger partial charge in [0.1, 0.15) is 0 Å². The van der Waals surface area contributed by atoms with Crippen molar-refractivity contribution in [2.24, 2.45) is 0 Å². The van der Waals surface area contributed by atoms with Gasteiger partial charge < -0.3 is 24.4 Å². The number of halogens is 1. The predicted octanol–water partition coefficient (Wildman–Crippen LogP) is 3.97. The molecule has 33 heavy (non-hydrogen) atoms. The van der Waals surface area contributed by atoms with E-state index in [2.05, 4.69) is 18.5 Å². The number of hydrogen-bond donors (Lipinski definition) is 1. The molecule has 2 rings (SSSR count). The Bertz CT molecular complexity index is 1040. The molecular formula is C24H25ClN2O6. The summed E-state index contributed by atoms with van der Waals surface area (Å²) in [4.78, 5) is 39.4. The topological polar surface area (TPSA) is 94.2 Å². The number of carbonyl (C=O) groups excluding carboxylic acids is 3. The normalized spacial score (nSPS) is 10.0. The Kier molecular flexibility index (Phi) is 9.50. The van der Waals surface area contributed by atoms with E-state index in [4.69, 9.17) is 25.8 Å². The molecule has 0 bridgehead atoms. The average molecular weight is 473 g/mol. The van der Waals surface area contributed by atoms with Crippen molar-refractivity contribution in [3.63, 3.8) is 0 Å². The maximum atomic E-state index is 12.9. The van der Waals surface area contributed by atoms with Gasteiger partial charge in [-0.25, -0.2) is 4.79 Å². The first-order valence-electron chi connectivity index (χ1n) is 9.84. The van der Waals surface area contributed by atoms with Crippen molar-refractivity contribution in [3.05, 3.63) is 77.9 Å². The summed E-state index contributed by atoms with van der Waals surface area (Å²) in [6, 6.07) is 9.26. The van der Waals surface area contributed by atoms with Crippen LogP contribution in [0, 0.1) is 0 Å². The fourth-order valence-electron chi connectivity index (χ4n) is 2.87. The number of methoxy groups -OCH3 is 2. The number of hydrogen-bond acceptors (Lipinski definition) is 6. The summed E-state index contributed by atoms with van der Waals surface area (Å²) < 4.78 is 15.7. The van der Waals surface area contributed by atoms with E-state index in [-0.39, 0.29) is 46.4 Å². The van der Waals surface area contributed by atoms with Gasteiger partial charge in [0, 0.05) is 25.2 Å². The number of rotatable bonds is 11. The van der Waals surface area contributed by atoms with Crippen LogP contribution in [0.25, 0.3) is 0 Å². The molecular weight excluding hydrogens is 448 g/mol. The van der Waals surface area contributed by atoms with E-state index in [0.717, 1.165) is 0 Å². The molecule has 0 spiro atoms. The molecule has 2 amide bonds. The standard InChI is InChI=1S/C24H25ClN2O6/c1-5-11-27(12-6-2)22(28)15-33-24(30)17-13-20(31-3)21(32-4)14-19(17)26-23(29)16-9-7-8-10-18(16)25/h5-10,13-14H,1-2,11-12,15H2,3-4H3,(H,26,29). The van der Waals surface area contributed by atoms with Crippen LogP contribution in [0.3, 0.4) is 0 Å². The highest BCUT2D eigenvalue weighted by Gasteiger charge is 2.22. The molecule has 2 aromatic carbocycles. The van der Waals surface area contributed by atoms with Gasteiger partial charge in [-0.05, 0) is 12.1 Å². The summed E-state index contributed by atoms with van der Waals surface area (Å²) in [5.41, 5.74) is 0.289. The van der Waals surface area contributed by atoms with E-state index < -0.39 is 24.4 Å². The van der Waals surface area contributed by atoms with Gasteiger partial charge in [0.05, 0.1) is 36.1 Å². The SMILES string of the molecule is C=CCN(CC=C)C(=O)COC(=O)c1cc(OC)c(OC)cc1NC(=O)c1ccccc1Cl. The van der Waals surface area contributed by atoms with E-state index >= 15 is 0 Å². The first-order valence-corrected chi connectivity index (χ1v) is 10.2. The van der Waals surface area contributed by atoms with Gasteiger partial charge in [-0.15, -0.1) is 13.2 Å². The molecule has 0 fully saturated rings. The second kappa shape index (κ2) is 12.3. The third-order valence-corrected chi connectivity index (χ3v) is 4.82. The van der Waals surface area contributed by atoms with Crippen molar-refractivity contribution in [1.29, 1.82) is 0 Å². The van der Waals surface area contributed by atoms with Crippen LogP contribution in [0.2, 0.25) is 5.02 Å². The Balaban J connectivity index is 2.32. The monoisotopic (exact) mass is 472 g/mol. The molecule has 0 aliphatic rings. The van der Waals surface area contributed by atoms with Crippen molar-refractivity contribution in [1.82, 2.24) is 4.90 Å². The molecule has 0 saturated carbocycles. The van der Waals surface area contributed by atoms with E-state index in [1.165, 1.54) is 31.3 Å². The largest absolute Gasteiger partial charge is 0.493 e. The molecule has 0 heterocycles. The number of nitrogens with one attached hydrogen (secondary N) is 1. The van der Waals surface area contributed by atoms with Gasteiger partial charge in [0.25, 0.3) is 11.8 Å². The van der Waals surface area contributed by atoms with E-state index in [1.807, 2.05) is 0 Å². The zero-order valence-electron chi connectivity index (χ0n) is 18.4. The second-order valence-corrected chi connectivity index (χ2v) is 7.05. The molecule has 0 aliphatic carbocycles. The zero-order valence-corrected chi connectivity index (χ0v) is 19.2. The molecule has 174 valence electrons. The fourth-order valence-corrected chi connectivity index (χ4v) is 3.09. The van der Waals surface area contributed by atoms with Crippen molar-refractivity contribution in [2.45, 2.75) is 0 Å². The lowest BCUT2D eigenvalue weighted by Crippen LogP contribution is -2.35. The lowest BCUT2D eigenvalue weighted by molar-refractivity contribution is -0.133. The number of benzene rings is 2. The highest BCUT2D eigenvalue weighted by Crippen LogP contribution is 2.34. The fraction of sp³-hybridized carbons (Fsp3) is 0.208. The van der Waals surface area contributed by atoms with Crippen LogP contribution in [0.4, 0.5) is 5.69 Å². The average Bonchev–Trinajstić information content (AvgIpc) is 2.82. The Hall–Kier alpha value is -3.78. The summed E-state index contributed by atoms with van der Waals surface area (Å²) in [7, 11) is 2.82. The summed E-state index contributed by atoms with van der Waals surface area (Å²) in [5.74, 6) is -1.28. The number of carbonyl (C=O) groups is 3. The van der Waals surface area contributed by atoms with Crippen LogP contribution < -0.4 is 14.8 Å². The number of esters is 1. The van der Waals surface area contributed by atoms with Crippen LogP contribution >= 0.6 is 11.6 Å². The zero-order chi connectivity index (χ0) is 24.4. The van der Waals surface area contributed by atoms with Gasteiger partial charge in [-0.1, -0.05) is 35.9 Å². The molecule has 0 aromatic heterocycles. The highest BCUT2D eigenvalue weighted by atomic mass is 35.5. The van der Waals surface area contributed by atoms with E-state index in [0.29, 0.717) is 0 Å². The Labute approximate surface area is 197 Å². The molecule has 0 unspecified atom stereocenters. The van der Waals surface area contributed by atoms with Crippen molar-refractivity contribution in [2.75, 3.05) is 39.2 Å². The van der Waals surface area contributed by atoms with Gasteiger partial charge in [-0.3, -0.25) is 9.59 Å². The number of anilines is 1. The molecule has 8 nitrogen and oxygen atoms in total. The number of ether oxygens (including phenoxy) is 3. The second-order valence-electron chi connectivity index (χ2n) is 6.64. The Morgan fingerprint density at radius 1 is 1.00 bits per heavy atom. The lowest BCUT2D eigenvalue weighted by atomic mass is 10.1. The third kappa shape index (κ3) is 6.60.